The number of aromatic nitrogens is 3. The monoisotopic (exact) mass is 261 g/mol. The van der Waals surface area contributed by atoms with Crippen LogP contribution in [0, 0.1) is 0 Å². The molecule has 7 nitrogen and oxygen atoms in total. The molecule has 0 aromatic carbocycles. The van der Waals surface area contributed by atoms with Gasteiger partial charge in [0.25, 0.3) is 0 Å². The molecule has 0 aliphatic heterocycles. The van der Waals surface area contributed by atoms with Gasteiger partial charge in [0.05, 0.1) is 19.4 Å². The second-order valence-electron chi connectivity index (χ2n) is 3.74. The summed E-state index contributed by atoms with van der Waals surface area (Å²) < 4.78 is 5.00. The van der Waals surface area contributed by atoms with E-state index in [1.54, 1.807) is 25.4 Å². The van der Waals surface area contributed by atoms with Gasteiger partial charge in [-0.25, -0.2) is 9.97 Å². The summed E-state index contributed by atoms with van der Waals surface area (Å²) in [7, 11) is 1.56. The van der Waals surface area contributed by atoms with Crippen LogP contribution >= 0.6 is 0 Å². The number of pyridine rings is 1. The normalized spacial score (nSPS) is 10.2. The van der Waals surface area contributed by atoms with Crippen LogP contribution in [0.5, 0.6) is 5.88 Å². The molecule has 0 aliphatic carbocycles. The number of methoxy groups -OCH3 is 1. The van der Waals surface area contributed by atoms with E-state index in [1.165, 1.54) is 0 Å². The van der Waals surface area contributed by atoms with Crippen molar-refractivity contribution in [2.24, 2.45) is 0 Å². The fraction of sp³-hybridized carbons (Fsp3) is 0.250. The molecule has 4 N–H and O–H groups in total. The van der Waals surface area contributed by atoms with Crippen molar-refractivity contribution in [3.05, 3.63) is 24.4 Å². The maximum atomic E-state index is 8.78. The van der Waals surface area contributed by atoms with Crippen LogP contribution in [0.15, 0.2) is 24.4 Å². The molecule has 2 aromatic rings. The van der Waals surface area contributed by atoms with E-state index in [0.29, 0.717) is 23.9 Å². The zero-order valence-corrected chi connectivity index (χ0v) is 10.5. The second-order valence-corrected chi connectivity index (χ2v) is 3.74. The molecule has 0 fully saturated rings. The number of nitrogens with one attached hydrogen (secondary N) is 1. The number of hydrogen-bond acceptors (Lipinski definition) is 7. The quantitative estimate of drug-likeness (QED) is 0.720. The third-order valence-corrected chi connectivity index (χ3v) is 2.40. The standard InChI is InChI=1S/C12H15N5O2/c1-19-11-3-2-8(7-15-11)9-6-10(14-4-5-18)17-12(13)16-9/h2-3,6-7,18H,4-5H2,1H3,(H3,13,14,16,17). The predicted octanol–water partition coefficient (Wildman–Crippen LogP) is 0.534. The fourth-order valence-electron chi connectivity index (χ4n) is 1.54. The Labute approximate surface area is 110 Å². The number of rotatable bonds is 5. The van der Waals surface area contributed by atoms with Crippen LogP contribution in [0.2, 0.25) is 0 Å². The Hall–Kier alpha value is -2.41. The highest BCUT2D eigenvalue weighted by Gasteiger charge is 2.05. The van der Waals surface area contributed by atoms with Crippen LogP contribution in [0.25, 0.3) is 11.3 Å². The number of nitrogens with zero attached hydrogens (tertiary/aromatic N) is 3. The summed E-state index contributed by atoms with van der Waals surface area (Å²) in [6.07, 6.45) is 1.65. The number of nitrogen functional groups attached to an aromatic ring is 1. The Morgan fingerprint density at radius 1 is 1.37 bits per heavy atom. The van der Waals surface area contributed by atoms with Gasteiger partial charge in [0.2, 0.25) is 11.8 Å². The van der Waals surface area contributed by atoms with Crippen LogP contribution in [-0.4, -0.2) is 40.3 Å². The van der Waals surface area contributed by atoms with Crippen molar-refractivity contribution in [3.63, 3.8) is 0 Å². The molecule has 0 saturated carbocycles. The maximum absolute atomic E-state index is 8.78. The van der Waals surface area contributed by atoms with Crippen molar-refractivity contribution in [1.29, 1.82) is 0 Å². The maximum Gasteiger partial charge on any atom is 0.222 e. The molecule has 0 atom stereocenters. The van der Waals surface area contributed by atoms with Crippen molar-refractivity contribution in [2.75, 3.05) is 31.3 Å². The molecule has 19 heavy (non-hydrogen) atoms. The molecule has 0 radical (unpaired) electrons. The van der Waals surface area contributed by atoms with Gasteiger partial charge in [-0.3, -0.25) is 0 Å². The molecule has 100 valence electrons. The first-order valence-corrected chi connectivity index (χ1v) is 5.72. The Morgan fingerprint density at radius 3 is 2.84 bits per heavy atom. The summed E-state index contributed by atoms with van der Waals surface area (Å²) in [5.74, 6) is 1.26. The first-order valence-electron chi connectivity index (χ1n) is 5.72. The average molecular weight is 261 g/mol. The largest absolute Gasteiger partial charge is 0.481 e. The third-order valence-electron chi connectivity index (χ3n) is 2.40. The molecule has 0 spiro atoms. The highest BCUT2D eigenvalue weighted by Crippen LogP contribution is 2.21. The van der Waals surface area contributed by atoms with Crippen molar-refractivity contribution >= 4 is 11.8 Å². The number of hydrogen-bond donors (Lipinski definition) is 3. The van der Waals surface area contributed by atoms with E-state index in [9.17, 15) is 0 Å². The number of aliphatic hydroxyl groups is 1. The van der Waals surface area contributed by atoms with Gasteiger partial charge in [0, 0.05) is 30.4 Å². The van der Waals surface area contributed by atoms with Gasteiger partial charge in [-0.15, -0.1) is 0 Å². The summed E-state index contributed by atoms with van der Waals surface area (Å²) in [4.78, 5) is 12.3. The van der Waals surface area contributed by atoms with E-state index in [1.807, 2.05) is 6.07 Å². The van der Waals surface area contributed by atoms with Crippen LogP contribution in [0.1, 0.15) is 0 Å². The van der Waals surface area contributed by atoms with Crippen molar-refractivity contribution in [3.8, 4) is 17.1 Å². The minimum absolute atomic E-state index is 0.0172. The predicted molar refractivity (Wildman–Crippen MR) is 71.8 cm³/mol. The van der Waals surface area contributed by atoms with E-state index < -0.39 is 0 Å². The average Bonchev–Trinajstić information content (AvgIpc) is 2.44. The fourth-order valence-corrected chi connectivity index (χ4v) is 1.54. The first-order chi connectivity index (χ1) is 9.22. The van der Waals surface area contributed by atoms with Gasteiger partial charge in [0.1, 0.15) is 5.82 Å². The first kappa shape index (κ1) is 13.0. The lowest BCUT2D eigenvalue weighted by molar-refractivity contribution is 0.311. The van der Waals surface area contributed by atoms with Gasteiger partial charge in [-0.1, -0.05) is 0 Å². The zero-order chi connectivity index (χ0) is 13.7. The Balaban J connectivity index is 2.29. The van der Waals surface area contributed by atoms with Gasteiger partial charge in [0.15, 0.2) is 0 Å². The lowest BCUT2D eigenvalue weighted by Gasteiger charge is -2.07. The van der Waals surface area contributed by atoms with Crippen LogP contribution < -0.4 is 15.8 Å². The topological polar surface area (TPSA) is 106 Å². The molecule has 0 unspecified atom stereocenters. The molecule has 0 saturated heterocycles. The minimum atomic E-state index is 0.0172. The molecule has 2 heterocycles. The summed E-state index contributed by atoms with van der Waals surface area (Å²) in [5, 5.41) is 11.7. The SMILES string of the molecule is COc1ccc(-c2cc(NCCO)nc(N)n2)cn1. The van der Waals surface area contributed by atoms with E-state index in [0.717, 1.165) is 5.56 Å². The lowest BCUT2D eigenvalue weighted by atomic mass is 10.2. The van der Waals surface area contributed by atoms with E-state index in [-0.39, 0.29) is 12.6 Å². The smallest absolute Gasteiger partial charge is 0.222 e. The highest BCUT2D eigenvalue weighted by atomic mass is 16.5. The number of nitrogens with two attached hydrogens (primary N) is 1. The van der Waals surface area contributed by atoms with Gasteiger partial charge in [-0.2, -0.15) is 4.98 Å². The molecule has 0 aliphatic rings. The van der Waals surface area contributed by atoms with Crippen molar-refractivity contribution < 1.29 is 9.84 Å². The van der Waals surface area contributed by atoms with Crippen LogP contribution in [0.3, 0.4) is 0 Å². The molecule has 2 aromatic heterocycles. The van der Waals surface area contributed by atoms with Crippen LogP contribution in [-0.2, 0) is 0 Å². The van der Waals surface area contributed by atoms with Gasteiger partial charge in [-0.05, 0) is 6.07 Å². The summed E-state index contributed by atoms with van der Waals surface area (Å²) in [6, 6.07) is 5.33. The molecule has 0 amide bonds. The summed E-state index contributed by atoms with van der Waals surface area (Å²) in [5.41, 5.74) is 7.12. The molecule has 2 rings (SSSR count). The highest BCUT2D eigenvalue weighted by molar-refractivity contribution is 5.63. The number of aliphatic hydroxyl groups excluding tert-OH is 1. The third kappa shape index (κ3) is 3.29. The molecule has 0 bridgehead atoms. The molecular weight excluding hydrogens is 246 g/mol. The zero-order valence-electron chi connectivity index (χ0n) is 10.5. The van der Waals surface area contributed by atoms with Crippen LogP contribution in [0.4, 0.5) is 11.8 Å². The van der Waals surface area contributed by atoms with Gasteiger partial charge >= 0.3 is 0 Å². The Morgan fingerprint density at radius 2 is 2.21 bits per heavy atom. The Kier molecular flexibility index (Phi) is 4.09. The molecular formula is C12H15N5O2. The van der Waals surface area contributed by atoms with Gasteiger partial charge < -0.3 is 20.9 Å². The van der Waals surface area contributed by atoms with E-state index in [4.69, 9.17) is 15.6 Å². The second kappa shape index (κ2) is 5.96. The van der Waals surface area contributed by atoms with Crippen molar-refractivity contribution in [2.45, 2.75) is 0 Å². The molecule has 7 heteroatoms. The number of anilines is 2. The summed E-state index contributed by atoms with van der Waals surface area (Å²) in [6.45, 7) is 0.417. The number of ether oxygens (including phenoxy) is 1. The Bertz CT molecular complexity index is 544. The lowest BCUT2D eigenvalue weighted by Crippen LogP contribution is -2.09. The summed E-state index contributed by atoms with van der Waals surface area (Å²) >= 11 is 0. The van der Waals surface area contributed by atoms with Crippen molar-refractivity contribution in [1.82, 2.24) is 15.0 Å². The minimum Gasteiger partial charge on any atom is -0.481 e. The van der Waals surface area contributed by atoms with E-state index in [2.05, 4.69) is 20.3 Å². The van der Waals surface area contributed by atoms with E-state index >= 15 is 0 Å².